The van der Waals surface area contributed by atoms with Crippen LogP contribution in [0, 0.1) is 0 Å². The van der Waals surface area contributed by atoms with Crippen LogP contribution in [0.2, 0.25) is 0 Å². The van der Waals surface area contributed by atoms with E-state index in [0.717, 1.165) is 41.9 Å². The minimum atomic E-state index is -3.81. The van der Waals surface area contributed by atoms with E-state index in [-0.39, 0.29) is 11.4 Å². The highest BCUT2D eigenvalue weighted by Gasteiger charge is 2.36. The molecular weight excluding hydrogens is 516 g/mol. The lowest BCUT2D eigenvalue weighted by molar-refractivity contribution is 0.313. The summed E-state index contributed by atoms with van der Waals surface area (Å²) in [5, 5.41) is 3.21. The monoisotopic (exact) mass is 540 g/mol. The number of nitrogens with one attached hydrogen (secondary N) is 1. The topological polar surface area (TPSA) is 81.7 Å². The zero-order chi connectivity index (χ0) is 23.9. The van der Waals surface area contributed by atoms with Crippen LogP contribution in [0.25, 0.3) is 11.3 Å². The van der Waals surface area contributed by atoms with Crippen LogP contribution >= 0.6 is 15.9 Å². The molecule has 0 atom stereocenters. The van der Waals surface area contributed by atoms with Gasteiger partial charge in [0.05, 0.1) is 24.1 Å². The fourth-order valence-electron chi connectivity index (χ4n) is 4.24. The van der Waals surface area contributed by atoms with Crippen molar-refractivity contribution in [2.75, 3.05) is 54.3 Å². The standard InChI is InChI=1S/C24H25BrN6O2S/c1-3-10-31-21-15-17(25)4-9-20(21)23-22(34(31,32)33)16-26-24(28-23)27-18-5-7-19(8-6-18)30-13-11-29(2)12-14-30/h3-9,15-16H,1,10-14H2,2H3,(H,26,27,28). The van der Waals surface area contributed by atoms with Crippen LogP contribution < -0.4 is 14.5 Å². The largest absolute Gasteiger partial charge is 0.369 e. The summed E-state index contributed by atoms with van der Waals surface area (Å²) in [6.45, 7) is 7.97. The first-order chi connectivity index (χ1) is 16.4. The van der Waals surface area contributed by atoms with Gasteiger partial charge in [-0.25, -0.2) is 18.4 Å². The molecule has 0 aliphatic carbocycles. The van der Waals surface area contributed by atoms with Crippen molar-refractivity contribution >= 4 is 49.0 Å². The molecule has 2 aliphatic heterocycles. The molecule has 0 bridgehead atoms. The minimum Gasteiger partial charge on any atom is -0.369 e. The molecule has 1 fully saturated rings. The number of piperazine rings is 1. The Balaban J connectivity index is 1.45. The first kappa shape index (κ1) is 22.8. The highest BCUT2D eigenvalue weighted by molar-refractivity contribution is 9.10. The summed E-state index contributed by atoms with van der Waals surface area (Å²) in [6, 6.07) is 13.7. The molecule has 2 aliphatic rings. The van der Waals surface area contributed by atoms with Crippen molar-refractivity contribution in [3.63, 3.8) is 0 Å². The average Bonchev–Trinajstić information content (AvgIpc) is 2.83. The van der Waals surface area contributed by atoms with Gasteiger partial charge >= 0.3 is 0 Å². The van der Waals surface area contributed by atoms with Crippen LogP contribution in [-0.2, 0) is 10.0 Å². The number of aromatic nitrogens is 2. The van der Waals surface area contributed by atoms with Gasteiger partial charge in [-0.15, -0.1) is 6.58 Å². The van der Waals surface area contributed by atoms with Crippen molar-refractivity contribution in [3.05, 3.63) is 65.8 Å². The van der Waals surface area contributed by atoms with Gasteiger partial charge in [0.15, 0.2) is 0 Å². The predicted molar refractivity (Wildman–Crippen MR) is 139 cm³/mol. The van der Waals surface area contributed by atoms with Crippen molar-refractivity contribution in [2.24, 2.45) is 0 Å². The predicted octanol–water partition coefficient (Wildman–Crippen LogP) is 4.10. The summed E-state index contributed by atoms with van der Waals surface area (Å²) in [6.07, 6.45) is 2.94. The highest BCUT2D eigenvalue weighted by Crippen LogP contribution is 2.43. The zero-order valence-electron chi connectivity index (χ0n) is 18.8. The summed E-state index contributed by atoms with van der Waals surface area (Å²) in [4.78, 5) is 13.7. The molecule has 0 saturated carbocycles. The molecule has 10 heteroatoms. The molecule has 0 radical (unpaired) electrons. The molecule has 3 heterocycles. The van der Waals surface area contributed by atoms with Gasteiger partial charge in [-0.2, -0.15) is 0 Å². The van der Waals surface area contributed by atoms with Gasteiger partial charge in [0.1, 0.15) is 4.90 Å². The van der Waals surface area contributed by atoms with Gasteiger partial charge in [0.2, 0.25) is 5.95 Å². The lowest BCUT2D eigenvalue weighted by Crippen LogP contribution is -2.44. The highest BCUT2D eigenvalue weighted by atomic mass is 79.9. The molecule has 34 heavy (non-hydrogen) atoms. The van der Waals surface area contributed by atoms with E-state index in [1.54, 1.807) is 12.1 Å². The van der Waals surface area contributed by atoms with Crippen molar-refractivity contribution < 1.29 is 8.42 Å². The van der Waals surface area contributed by atoms with Crippen LogP contribution in [-0.4, -0.2) is 63.1 Å². The Morgan fingerprint density at radius 1 is 1.12 bits per heavy atom. The molecule has 8 nitrogen and oxygen atoms in total. The van der Waals surface area contributed by atoms with E-state index in [0.29, 0.717) is 17.3 Å². The molecule has 0 spiro atoms. The van der Waals surface area contributed by atoms with E-state index < -0.39 is 10.0 Å². The summed E-state index contributed by atoms with van der Waals surface area (Å²) in [5.74, 6) is 0.340. The number of anilines is 4. The molecule has 0 amide bonds. The number of benzene rings is 2. The normalized spacial score (nSPS) is 17.1. The first-order valence-corrected chi connectivity index (χ1v) is 13.2. The fraction of sp³-hybridized carbons (Fsp3) is 0.250. The van der Waals surface area contributed by atoms with Gasteiger partial charge in [-0.3, -0.25) is 4.31 Å². The average molecular weight is 541 g/mol. The van der Waals surface area contributed by atoms with Gasteiger partial charge < -0.3 is 15.1 Å². The van der Waals surface area contributed by atoms with Gasteiger partial charge in [-0.1, -0.05) is 22.0 Å². The Morgan fingerprint density at radius 2 is 1.85 bits per heavy atom. The van der Waals surface area contributed by atoms with Crippen molar-refractivity contribution in [1.29, 1.82) is 0 Å². The van der Waals surface area contributed by atoms with Crippen molar-refractivity contribution in [2.45, 2.75) is 4.90 Å². The van der Waals surface area contributed by atoms with Crippen molar-refractivity contribution in [1.82, 2.24) is 14.9 Å². The second kappa shape index (κ2) is 9.01. The number of rotatable bonds is 5. The van der Waals surface area contributed by atoms with Gasteiger partial charge in [0.25, 0.3) is 10.0 Å². The smallest absolute Gasteiger partial charge is 0.268 e. The van der Waals surface area contributed by atoms with E-state index in [9.17, 15) is 8.42 Å². The Bertz CT molecular complexity index is 1340. The number of halogens is 1. The van der Waals surface area contributed by atoms with Crippen LogP contribution in [0.4, 0.5) is 23.0 Å². The second-order valence-corrected chi connectivity index (χ2v) is 11.1. The Kier molecular flexibility index (Phi) is 6.05. The van der Waals surface area contributed by atoms with E-state index in [1.807, 2.05) is 24.3 Å². The van der Waals surface area contributed by atoms with Crippen LogP contribution in [0.3, 0.4) is 0 Å². The second-order valence-electron chi connectivity index (χ2n) is 8.35. The third-order valence-electron chi connectivity index (χ3n) is 6.09. The van der Waals surface area contributed by atoms with E-state index >= 15 is 0 Å². The number of nitrogens with zero attached hydrogens (tertiary/aromatic N) is 5. The summed E-state index contributed by atoms with van der Waals surface area (Å²) in [7, 11) is -1.67. The van der Waals surface area contributed by atoms with Gasteiger partial charge in [0, 0.05) is 47.6 Å². The quantitative estimate of drug-likeness (QED) is 0.488. The van der Waals surface area contributed by atoms with Crippen LogP contribution in [0.15, 0.2) is 70.7 Å². The number of hydrogen-bond donors (Lipinski definition) is 1. The molecule has 5 rings (SSSR count). The van der Waals surface area contributed by atoms with E-state index in [4.69, 9.17) is 0 Å². The molecule has 1 saturated heterocycles. The maximum Gasteiger partial charge on any atom is 0.268 e. The SMILES string of the molecule is C=CCN1c2cc(Br)ccc2-c2nc(Nc3ccc(N4CCN(C)CC4)cc3)ncc2S1(=O)=O. The van der Waals surface area contributed by atoms with E-state index in [1.165, 1.54) is 16.2 Å². The Morgan fingerprint density at radius 3 is 2.56 bits per heavy atom. The molecule has 1 N–H and O–H groups in total. The first-order valence-electron chi connectivity index (χ1n) is 11.0. The Labute approximate surface area is 208 Å². The molecule has 2 aromatic carbocycles. The maximum atomic E-state index is 13.3. The molecular formula is C24H25BrN6O2S. The number of hydrogen-bond acceptors (Lipinski definition) is 7. The van der Waals surface area contributed by atoms with Crippen LogP contribution in [0.1, 0.15) is 0 Å². The Hall–Kier alpha value is -2.95. The lowest BCUT2D eigenvalue weighted by Gasteiger charge is -2.34. The molecule has 3 aromatic rings. The molecule has 1 aromatic heterocycles. The summed E-state index contributed by atoms with van der Waals surface area (Å²) >= 11 is 3.44. The molecule has 176 valence electrons. The summed E-state index contributed by atoms with van der Waals surface area (Å²) in [5.41, 5.74) is 3.68. The van der Waals surface area contributed by atoms with Gasteiger partial charge in [-0.05, 0) is 49.5 Å². The maximum absolute atomic E-state index is 13.3. The third-order valence-corrected chi connectivity index (χ3v) is 8.37. The van der Waals surface area contributed by atoms with Crippen LogP contribution in [0.5, 0.6) is 0 Å². The third kappa shape index (κ3) is 4.17. The fourth-order valence-corrected chi connectivity index (χ4v) is 6.12. The lowest BCUT2D eigenvalue weighted by atomic mass is 10.1. The molecule has 0 unspecified atom stereocenters. The summed E-state index contributed by atoms with van der Waals surface area (Å²) < 4.78 is 28.7. The van der Waals surface area contributed by atoms with Crippen molar-refractivity contribution in [3.8, 4) is 11.3 Å². The van der Waals surface area contributed by atoms with E-state index in [2.05, 4.69) is 66.8 Å². The minimum absolute atomic E-state index is 0.0835. The number of likely N-dealkylation sites (N-methyl/N-ethyl adjacent to an activating group) is 1. The number of sulfonamides is 1. The zero-order valence-corrected chi connectivity index (χ0v) is 21.2. The number of fused-ring (bicyclic) bond motifs is 3.